The second-order valence-corrected chi connectivity index (χ2v) is 3.87. The van der Waals surface area contributed by atoms with Crippen LogP contribution in [-0.2, 0) is 4.79 Å². The molecule has 0 aliphatic rings. The number of hydrogen-bond donors (Lipinski definition) is 3. The van der Waals surface area contributed by atoms with Gasteiger partial charge in [0.15, 0.2) is 0 Å². The SMILES string of the molecule is O=C(CNCC(F)(F)F)Nc1nc2ccccc2[nH]1. The average molecular weight is 272 g/mol. The molecule has 3 N–H and O–H groups in total. The van der Waals surface area contributed by atoms with Crippen molar-refractivity contribution in [3.05, 3.63) is 24.3 Å². The van der Waals surface area contributed by atoms with E-state index in [1.807, 2.05) is 5.32 Å². The molecule has 1 aromatic carbocycles. The predicted molar refractivity (Wildman–Crippen MR) is 63.6 cm³/mol. The Morgan fingerprint density at radius 2 is 2.05 bits per heavy atom. The summed E-state index contributed by atoms with van der Waals surface area (Å²) in [7, 11) is 0. The van der Waals surface area contributed by atoms with Gasteiger partial charge in [-0.1, -0.05) is 12.1 Å². The van der Waals surface area contributed by atoms with Gasteiger partial charge < -0.3 is 10.3 Å². The van der Waals surface area contributed by atoms with Crippen LogP contribution >= 0.6 is 0 Å². The zero-order chi connectivity index (χ0) is 13.9. The van der Waals surface area contributed by atoms with Crippen LogP contribution in [0.5, 0.6) is 0 Å². The Bertz CT molecular complexity index is 546. The first-order valence-corrected chi connectivity index (χ1v) is 5.46. The van der Waals surface area contributed by atoms with Crippen LogP contribution in [0.4, 0.5) is 19.1 Å². The molecule has 2 aromatic rings. The number of aromatic amines is 1. The number of carbonyl (C=O) groups is 1. The number of para-hydroxylation sites is 2. The Balaban J connectivity index is 1.88. The molecule has 0 atom stereocenters. The Morgan fingerprint density at radius 3 is 2.74 bits per heavy atom. The average Bonchev–Trinajstić information content (AvgIpc) is 2.68. The van der Waals surface area contributed by atoms with Crippen molar-refractivity contribution >= 4 is 22.9 Å². The number of benzene rings is 1. The highest BCUT2D eigenvalue weighted by molar-refractivity contribution is 5.92. The summed E-state index contributed by atoms with van der Waals surface area (Å²) in [5, 5.41) is 4.38. The van der Waals surface area contributed by atoms with E-state index in [1.165, 1.54) is 0 Å². The summed E-state index contributed by atoms with van der Waals surface area (Å²) in [5.74, 6) is -0.386. The summed E-state index contributed by atoms with van der Waals surface area (Å²) < 4.78 is 35.6. The van der Waals surface area contributed by atoms with Crippen LogP contribution in [-0.4, -0.2) is 35.1 Å². The van der Waals surface area contributed by atoms with Crippen molar-refractivity contribution in [2.24, 2.45) is 0 Å². The van der Waals surface area contributed by atoms with E-state index in [0.29, 0.717) is 5.52 Å². The van der Waals surface area contributed by atoms with Gasteiger partial charge in [-0.3, -0.25) is 10.1 Å². The van der Waals surface area contributed by atoms with Crippen LogP contribution < -0.4 is 10.6 Å². The number of carbonyl (C=O) groups excluding carboxylic acids is 1. The lowest BCUT2D eigenvalue weighted by molar-refractivity contribution is -0.126. The maximum Gasteiger partial charge on any atom is 0.401 e. The zero-order valence-electron chi connectivity index (χ0n) is 9.71. The summed E-state index contributed by atoms with van der Waals surface area (Å²) >= 11 is 0. The third-order valence-corrected chi connectivity index (χ3v) is 2.26. The second-order valence-electron chi connectivity index (χ2n) is 3.87. The monoisotopic (exact) mass is 272 g/mol. The standard InChI is InChI=1S/C11H11F3N4O/c12-11(13,14)6-15-5-9(19)18-10-16-7-3-1-2-4-8(7)17-10/h1-4,15H,5-6H2,(H2,16,17,18,19). The highest BCUT2D eigenvalue weighted by atomic mass is 19.4. The summed E-state index contributed by atoms with van der Waals surface area (Å²) in [5.41, 5.74) is 1.40. The number of anilines is 1. The molecule has 19 heavy (non-hydrogen) atoms. The molecule has 1 aromatic heterocycles. The maximum absolute atomic E-state index is 11.9. The molecule has 0 saturated heterocycles. The fraction of sp³-hybridized carbons (Fsp3) is 0.273. The van der Waals surface area contributed by atoms with Gasteiger partial charge in [-0.2, -0.15) is 13.2 Å². The highest BCUT2D eigenvalue weighted by Gasteiger charge is 2.26. The van der Waals surface area contributed by atoms with Crippen LogP contribution in [0.25, 0.3) is 11.0 Å². The lowest BCUT2D eigenvalue weighted by Crippen LogP contribution is -2.35. The van der Waals surface area contributed by atoms with Gasteiger partial charge >= 0.3 is 6.18 Å². The molecule has 1 amide bonds. The number of amides is 1. The van der Waals surface area contributed by atoms with Crippen molar-refractivity contribution in [2.45, 2.75) is 6.18 Å². The minimum atomic E-state index is -4.33. The van der Waals surface area contributed by atoms with Gasteiger partial charge in [0.25, 0.3) is 0 Å². The summed E-state index contributed by atoms with van der Waals surface area (Å²) in [4.78, 5) is 18.3. The molecule has 102 valence electrons. The lowest BCUT2D eigenvalue weighted by atomic mass is 10.3. The highest BCUT2D eigenvalue weighted by Crippen LogP contribution is 2.13. The van der Waals surface area contributed by atoms with Crippen LogP contribution in [0.15, 0.2) is 24.3 Å². The van der Waals surface area contributed by atoms with Crippen molar-refractivity contribution in [1.82, 2.24) is 15.3 Å². The fourth-order valence-electron chi connectivity index (χ4n) is 1.51. The number of aromatic nitrogens is 2. The molecule has 0 unspecified atom stereocenters. The Labute approximate surface area is 106 Å². The van der Waals surface area contributed by atoms with Crippen molar-refractivity contribution in [2.75, 3.05) is 18.4 Å². The van der Waals surface area contributed by atoms with Crippen molar-refractivity contribution in [3.63, 3.8) is 0 Å². The number of rotatable bonds is 4. The van der Waals surface area contributed by atoms with E-state index in [4.69, 9.17) is 0 Å². The molecule has 0 aliphatic carbocycles. The molecule has 2 rings (SSSR count). The normalized spacial score (nSPS) is 11.7. The van der Waals surface area contributed by atoms with Gasteiger partial charge in [-0.05, 0) is 12.1 Å². The molecule has 8 heteroatoms. The van der Waals surface area contributed by atoms with E-state index in [-0.39, 0.29) is 5.95 Å². The van der Waals surface area contributed by atoms with Crippen LogP contribution in [0.1, 0.15) is 0 Å². The van der Waals surface area contributed by atoms with E-state index in [1.54, 1.807) is 24.3 Å². The molecule has 0 saturated carbocycles. The molecule has 0 spiro atoms. The molecular weight excluding hydrogens is 261 g/mol. The lowest BCUT2D eigenvalue weighted by Gasteiger charge is -2.07. The largest absolute Gasteiger partial charge is 0.401 e. The van der Waals surface area contributed by atoms with Crippen molar-refractivity contribution in [1.29, 1.82) is 0 Å². The first-order chi connectivity index (χ1) is 8.94. The smallest absolute Gasteiger partial charge is 0.324 e. The first-order valence-electron chi connectivity index (χ1n) is 5.46. The number of hydrogen-bond acceptors (Lipinski definition) is 3. The number of alkyl halides is 3. The number of nitrogens with zero attached hydrogens (tertiary/aromatic N) is 1. The first kappa shape index (κ1) is 13.3. The van der Waals surface area contributed by atoms with E-state index in [0.717, 1.165) is 5.52 Å². The molecule has 1 heterocycles. The summed E-state index contributed by atoms with van der Waals surface area (Å²) in [6.07, 6.45) is -4.33. The maximum atomic E-state index is 11.9. The van der Waals surface area contributed by atoms with Gasteiger partial charge in [-0.25, -0.2) is 4.98 Å². The quantitative estimate of drug-likeness (QED) is 0.792. The number of nitrogens with one attached hydrogen (secondary N) is 3. The topological polar surface area (TPSA) is 69.8 Å². The van der Waals surface area contributed by atoms with Gasteiger partial charge in [0.05, 0.1) is 24.1 Å². The van der Waals surface area contributed by atoms with Crippen molar-refractivity contribution in [3.8, 4) is 0 Å². The zero-order valence-corrected chi connectivity index (χ0v) is 9.71. The number of imidazole rings is 1. The minimum Gasteiger partial charge on any atom is -0.324 e. The fourth-order valence-corrected chi connectivity index (χ4v) is 1.51. The number of fused-ring (bicyclic) bond motifs is 1. The number of H-pyrrole nitrogens is 1. The predicted octanol–water partition coefficient (Wildman–Crippen LogP) is 1.65. The molecule has 0 bridgehead atoms. The molecule has 0 aliphatic heterocycles. The van der Waals surface area contributed by atoms with Crippen LogP contribution in [0, 0.1) is 0 Å². The molecular formula is C11H11F3N4O. The van der Waals surface area contributed by atoms with E-state index >= 15 is 0 Å². The minimum absolute atomic E-state index is 0.208. The molecule has 0 radical (unpaired) electrons. The van der Waals surface area contributed by atoms with E-state index in [2.05, 4.69) is 15.3 Å². The Hall–Kier alpha value is -2.09. The summed E-state index contributed by atoms with van der Waals surface area (Å²) in [6, 6.07) is 7.12. The Kier molecular flexibility index (Phi) is 3.70. The van der Waals surface area contributed by atoms with E-state index < -0.39 is 25.2 Å². The van der Waals surface area contributed by atoms with Gasteiger partial charge in [-0.15, -0.1) is 0 Å². The number of halogens is 3. The third-order valence-electron chi connectivity index (χ3n) is 2.26. The van der Waals surface area contributed by atoms with Gasteiger partial charge in [0.1, 0.15) is 0 Å². The Morgan fingerprint density at radius 1 is 1.32 bits per heavy atom. The van der Waals surface area contributed by atoms with Crippen molar-refractivity contribution < 1.29 is 18.0 Å². The van der Waals surface area contributed by atoms with Gasteiger partial charge in [0.2, 0.25) is 11.9 Å². The van der Waals surface area contributed by atoms with Gasteiger partial charge in [0, 0.05) is 0 Å². The van der Waals surface area contributed by atoms with E-state index in [9.17, 15) is 18.0 Å². The molecule has 0 fully saturated rings. The molecule has 5 nitrogen and oxygen atoms in total. The van der Waals surface area contributed by atoms with Crippen LogP contribution in [0.2, 0.25) is 0 Å². The van der Waals surface area contributed by atoms with Crippen LogP contribution in [0.3, 0.4) is 0 Å². The second kappa shape index (κ2) is 5.27. The summed E-state index contributed by atoms with van der Waals surface area (Å²) in [6.45, 7) is -1.64. The third kappa shape index (κ3) is 3.95.